The van der Waals surface area contributed by atoms with Crippen molar-refractivity contribution < 1.29 is 18.0 Å². The van der Waals surface area contributed by atoms with Crippen LogP contribution in [0.1, 0.15) is 25.0 Å². The number of alkyl halides is 4. The number of ketones is 1. The Morgan fingerprint density at radius 1 is 1.35 bits per heavy atom. The molecule has 0 unspecified atom stereocenters. The Labute approximate surface area is 103 Å². The molecule has 0 amide bonds. The van der Waals surface area contributed by atoms with Crippen LogP contribution in [0.5, 0.6) is 0 Å². The number of hydrogen-bond donors (Lipinski definition) is 0. The molecule has 0 bridgehead atoms. The summed E-state index contributed by atoms with van der Waals surface area (Å²) in [6, 6.07) is 4.84. The first-order valence-corrected chi connectivity index (χ1v) is 5.37. The second-order valence-corrected chi connectivity index (χ2v) is 4.96. The highest BCUT2D eigenvalue weighted by atomic mass is 35.5. The van der Waals surface area contributed by atoms with E-state index in [-0.39, 0.29) is 12.2 Å². The fourth-order valence-corrected chi connectivity index (χ4v) is 1.52. The minimum Gasteiger partial charge on any atom is -0.298 e. The molecule has 1 nitrogen and oxygen atoms in total. The third-order valence-corrected chi connectivity index (χ3v) is 2.92. The standard InChI is InChI=1S/C12H12ClF3O/c1-8(17)11(2,13)7-9-4-3-5-10(6-9)12(14,15)16/h3-6H,7H2,1-2H3/t11-/m0/s1. The summed E-state index contributed by atoms with van der Waals surface area (Å²) in [6.45, 7) is 2.82. The Morgan fingerprint density at radius 2 is 1.94 bits per heavy atom. The van der Waals surface area contributed by atoms with Crippen molar-refractivity contribution in [2.24, 2.45) is 0 Å². The lowest BCUT2D eigenvalue weighted by Gasteiger charge is -2.19. The smallest absolute Gasteiger partial charge is 0.298 e. The van der Waals surface area contributed by atoms with Crippen molar-refractivity contribution in [1.82, 2.24) is 0 Å². The average molecular weight is 265 g/mol. The lowest BCUT2D eigenvalue weighted by atomic mass is 9.96. The number of benzene rings is 1. The van der Waals surface area contributed by atoms with Crippen LogP contribution in [0.3, 0.4) is 0 Å². The SMILES string of the molecule is CC(=O)[C@@](C)(Cl)Cc1cccc(C(F)(F)F)c1. The molecule has 1 aromatic rings. The number of hydrogen-bond acceptors (Lipinski definition) is 1. The van der Waals surface area contributed by atoms with Gasteiger partial charge in [-0.2, -0.15) is 13.2 Å². The molecule has 0 aliphatic carbocycles. The van der Waals surface area contributed by atoms with Gasteiger partial charge in [-0.05, 0) is 31.9 Å². The van der Waals surface area contributed by atoms with E-state index in [1.54, 1.807) is 0 Å². The predicted molar refractivity (Wildman–Crippen MR) is 60.1 cm³/mol. The first-order valence-electron chi connectivity index (χ1n) is 4.99. The number of carbonyl (C=O) groups excluding carboxylic acids is 1. The van der Waals surface area contributed by atoms with Crippen molar-refractivity contribution in [3.05, 3.63) is 35.4 Å². The van der Waals surface area contributed by atoms with Gasteiger partial charge in [0.05, 0.1) is 5.56 Å². The van der Waals surface area contributed by atoms with Gasteiger partial charge in [0.25, 0.3) is 0 Å². The lowest BCUT2D eigenvalue weighted by Crippen LogP contribution is -2.29. The van der Waals surface area contributed by atoms with Crippen molar-refractivity contribution in [1.29, 1.82) is 0 Å². The molecule has 1 atom stereocenters. The van der Waals surface area contributed by atoms with E-state index >= 15 is 0 Å². The van der Waals surface area contributed by atoms with Crippen LogP contribution in [0, 0.1) is 0 Å². The fraction of sp³-hybridized carbons (Fsp3) is 0.417. The highest BCUT2D eigenvalue weighted by molar-refractivity contribution is 6.34. The van der Waals surface area contributed by atoms with E-state index in [4.69, 9.17) is 11.6 Å². The molecule has 0 saturated heterocycles. The van der Waals surface area contributed by atoms with Gasteiger partial charge in [0, 0.05) is 0 Å². The summed E-state index contributed by atoms with van der Waals surface area (Å²) in [5.74, 6) is -0.267. The van der Waals surface area contributed by atoms with E-state index in [1.165, 1.54) is 26.0 Å². The zero-order valence-corrected chi connectivity index (χ0v) is 10.2. The molecule has 94 valence electrons. The Hall–Kier alpha value is -1.03. The van der Waals surface area contributed by atoms with Gasteiger partial charge in [-0.3, -0.25) is 4.79 Å². The Morgan fingerprint density at radius 3 is 2.41 bits per heavy atom. The quantitative estimate of drug-likeness (QED) is 0.758. The molecule has 0 heterocycles. The lowest BCUT2D eigenvalue weighted by molar-refractivity contribution is -0.137. The predicted octanol–water partition coefficient (Wildman–Crippen LogP) is 3.83. The van der Waals surface area contributed by atoms with Crippen LogP contribution >= 0.6 is 11.6 Å². The fourth-order valence-electron chi connectivity index (χ4n) is 1.37. The Bertz CT molecular complexity index is 424. The van der Waals surface area contributed by atoms with E-state index < -0.39 is 16.6 Å². The third-order valence-electron chi connectivity index (χ3n) is 2.52. The van der Waals surface area contributed by atoms with Gasteiger partial charge >= 0.3 is 6.18 Å². The van der Waals surface area contributed by atoms with Crippen LogP contribution < -0.4 is 0 Å². The van der Waals surface area contributed by atoms with E-state index in [9.17, 15) is 18.0 Å². The zero-order valence-electron chi connectivity index (χ0n) is 9.44. The highest BCUT2D eigenvalue weighted by Crippen LogP contribution is 2.31. The Balaban J connectivity index is 2.98. The summed E-state index contributed by atoms with van der Waals surface area (Å²) in [5, 5.41) is 0. The van der Waals surface area contributed by atoms with E-state index in [1.807, 2.05) is 0 Å². The first-order chi connectivity index (χ1) is 7.63. The maximum Gasteiger partial charge on any atom is 0.416 e. The maximum absolute atomic E-state index is 12.5. The van der Waals surface area contributed by atoms with Crippen LogP contribution in [0.15, 0.2) is 24.3 Å². The molecule has 1 rings (SSSR count). The second kappa shape index (κ2) is 4.69. The molecule has 0 saturated carbocycles. The normalized spacial score (nSPS) is 15.4. The monoisotopic (exact) mass is 264 g/mol. The highest BCUT2D eigenvalue weighted by Gasteiger charge is 2.32. The summed E-state index contributed by atoms with van der Waals surface area (Å²) >= 11 is 5.94. The molecule has 0 aliphatic rings. The van der Waals surface area contributed by atoms with E-state index in [0.717, 1.165) is 12.1 Å². The van der Waals surface area contributed by atoms with Crippen LogP contribution in [0.2, 0.25) is 0 Å². The van der Waals surface area contributed by atoms with Gasteiger partial charge in [-0.25, -0.2) is 0 Å². The molecule has 1 aromatic carbocycles. The molecule has 0 radical (unpaired) electrons. The number of halogens is 4. The van der Waals surface area contributed by atoms with E-state index in [2.05, 4.69) is 0 Å². The summed E-state index contributed by atoms with van der Waals surface area (Å²) in [4.78, 5) is 10.0. The number of rotatable bonds is 3. The van der Waals surface area contributed by atoms with Gasteiger partial charge in [-0.1, -0.05) is 18.2 Å². The maximum atomic E-state index is 12.5. The largest absolute Gasteiger partial charge is 0.416 e. The van der Waals surface area contributed by atoms with Crippen molar-refractivity contribution in [2.45, 2.75) is 31.3 Å². The topological polar surface area (TPSA) is 17.1 Å². The van der Waals surface area contributed by atoms with Crippen LogP contribution in [-0.4, -0.2) is 10.7 Å². The minimum absolute atomic E-state index is 0.0772. The van der Waals surface area contributed by atoms with Crippen molar-refractivity contribution >= 4 is 17.4 Å². The van der Waals surface area contributed by atoms with E-state index in [0.29, 0.717) is 5.56 Å². The Kier molecular flexibility index (Phi) is 3.87. The third kappa shape index (κ3) is 3.73. The molecule has 17 heavy (non-hydrogen) atoms. The van der Waals surface area contributed by atoms with Crippen molar-refractivity contribution in [2.75, 3.05) is 0 Å². The van der Waals surface area contributed by atoms with Gasteiger partial charge in [0.15, 0.2) is 5.78 Å². The molecule has 0 aliphatic heterocycles. The molecule has 0 aromatic heterocycles. The van der Waals surface area contributed by atoms with Gasteiger partial charge in [0.1, 0.15) is 4.87 Å². The minimum atomic E-state index is -4.38. The first kappa shape index (κ1) is 14.0. The molecule has 0 spiro atoms. The van der Waals surface area contributed by atoms with Crippen molar-refractivity contribution in [3.63, 3.8) is 0 Å². The summed E-state index contributed by atoms with van der Waals surface area (Å²) in [6.07, 6.45) is -4.30. The zero-order chi connectivity index (χ0) is 13.3. The van der Waals surface area contributed by atoms with Crippen molar-refractivity contribution in [3.8, 4) is 0 Å². The molecular weight excluding hydrogens is 253 g/mol. The summed E-state index contributed by atoms with van der Waals surface area (Å²) in [7, 11) is 0. The average Bonchev–Trinajstić information content (AvgIpc) is 2.15. The second-order valence-electron chi connectivity index (χ2n) is 4.13. The summed E-state index contributed by atoms with van der Waals surface area (Å²) in [5.41, 5.74) is -0.335. The van der Waals surface area contributed by atoms with Crippen LogP contribution in [0.4, 0.5) is 13.2 Å². The van der Waals surface area contributed by atoms with Crippen LogP contribution in [0.25, 0.3) is 0 Å². The van der Waals surface area contributed by atoms with Crippen LogP contribution in [-0.2, 0) is 17.4 Å². The van der Waals surface area contributed by atoms with Gasteiger partial charge in [-0.15, -0.1) is 11.6 Å². The number of carbonyl (C=O) groups is 1. The van der Waals surface area contributed by atoms with Gasteiger partial charge < -0.3 is 0 Å². The molecule has 0 fully saturated rings. The molecule has 0 N–H and O–H groups in total. The van der Waals surface area contributed by atoms with Gasteiger partial charge in [0.2, 0.25) is 0 Å². The number of Topliss-reactive ketones (excluding diaryl/α,β-unsaturated/α-hetero) is 1. The molecular formula is C12H12ClF3O. The summed E-state index contributed by atoms with van der Waals surface area (Å²) < 4.78 is 37.4. The molecule has 5 heteroatoms.